The SMILES string of the molecule is CNc1c(C)cc(-c2c(F)cccc2F)cc1CC=O. The fraction of sp³-hybridized carbons (Fsp3) is 0.188. The van der Waals surface area contributed by atoms with Gasteiger partial charge in [-0.2, -0.15) is 0 Å². The summed E-state index contributed by atoms with van der Waals surface area (Å²) < 4.78 is 27.7. The van der Waals surface area contributed by atoms with Gasteiger partial charge in [0.15, 0.2) is 0 Å². The predicted molar refractivity (Wildman–Crippen MR) is 75.8 cm³/mol. The van der Waals surface area contributed by atoms with Gasteiger partial charge in [0.2, 0.25) is 0 Å². The van der Waals surface area contributed by atoms with Crippen molar-refractivity contribution in [2.75, 3.05) is 12.4 Å². The monoisotopic (exact) mass is 275 g/mol. The van der Waals surface area contributed by atoms with Crippen molar-refractivity contribution < 1.29 is 13.6 Å². The summed E-state index contributed by atoms with van der Waals surface area (Å²) in [5, 5.41) is 3.01. The number of aldehydes is 1. The summed E-state index contributed by atoms with van der Waals surface area (Å²) in [6.07, 6.45) is 0.970. The molecule has 0 bridgehead atoms. The van der Waals surface area contributed by atoms with Gasteiger partial charge in [0.05, 0.1) is 5.56 Å². The third kappa shape index (κ3) is 2.54. The number of rotatable bonds is 4. The average molecular weight is 275 g/mol. The minimum Gasteiger partial charge on any atom is -0.388 e. The van der Waals surface area contributed by atoms with Gasteiger partial charge in [0.1, 0.15) is 17.9 Å². The van der Waals surface area contributed by atoms with Crippen molar-refractivity contribution in [1.29, 1.82) is 0 Å². The van der Waals surface area contributed by atoms with Crippen LogP contribution >= 0.6 is 0 Å². The van der Waals surface area contributed by atoms with E-state index in [1.807, 2.05) is 6.92 Å². The lowest BCUT2D eigenvalue weighted by molar-refractivity contribution is -0.107. The molecule has 0 radical (unpaired) electrons. The van der Waals surface area contributed by atoms with E-state index in [4.69, 9.17) is 0 Å². The van der Waals surface area contributed by atoms with Gasteiger partial charge in [-0.25, -0.2) is 8.78 Å². The maximum absolute atomic E-state index is 13.8. The number of nitrogens with one attached hydrogen (secondary N) is 1. The number of benzene rings is 2. The Labute approximate surface area is 116 Å². The van der Waals surface area contributed by atoms with Gasteiger partial charge in [-0.05, 0) is 47.9 Å². The molecule has 2 aromatic rings. The van der Waals surface area contributed by atoms with Crippen LogP contribution in [0.15, 0.2) is 30.3 Å². The van der Waals surface area contributed by atoms with Crippen molar-refractivity contribution in [1.82, 2.24) is 0 Å². The molecule has 0 atom stereocenters. The Bertz CT molecular complexity index is 633. The minimum absolute atomic E-state index is 0.0644. The molecule has 0 aliphatic carbocycles. The molecular formula is C16H15F2NO. The predicted octanol–water partition coefficient (Wildman–Crippen LogP) is 3.72. The van der Waals surface area contributed by atoms with Gasteiger partial charge in [-0.15, -0.1) is 0 Å². The van der Waals surface area contributed by atoms with Crippen LogP contribution in [0, 0.1) is 18.6 Å². The highest BCUT2D eigenvalue weighted by Crippen LogP contribution is 2.31. The van der Waals surface area contributed by atoms with E-state index in [9.17, 15) is 13.6 Å². The number of carbonyl (C=O) groups excluding carboxylic acids is 1. The summed E-state index contributed by atoms with van der Waals surface area (Å²) in [6, 6.07) is 7.13. The van der Waals surface area contributed by atoms with Crippen LogP contribution in [0.2, 0.25) is 0 Å². The van der Waals surface area contributed by atoms with Crippen LogP contribution in [0.4, 0.5) is 14.5 Å². The number of anilines is 1. The second-order valence-electron chi connectivity index (χ2n) is 4.54. The van der Waals surface area contributed by atoms with E-state index in [0.29, 0.717) is 5.56 Å². The van der Waals surface area contributed by atoms with Crippen molar-refractivity contribution in [3.05, 3.63) is 53.1 Å². The smallest absolute Gasteiger partial charge is 0.133 e. The van der Waals surface area contributed by atoms with E-state index in [1.165, 1.54) is 18.2 Å². The summed E-state index contributed by atoms with van der Waals surface area (Å²) in [5.74, 6) is -1.22. The van der Waals surface area contributed by atoms with Crippen LogP contribution in [-0.2, 0) is 11.2 Å². The van der Waals surface area contributed by atoms with E-state index in [-0.39, 0.29) is 12.0 Å². The highest BCUT2D eigenvalue weighted by molar-refractivity contribution is 5.74. The van der Waals surface area contributed by atoms with Crippen molar-refractivity contribution in [3.8, 4) is 11.1 Å². The molecular weight excluding hydrogens is 260 g/mol. The Balaban J connectivity index is 2.67. The molecule has 0 saturated carbocycles. The fourth-order valence-electron chi connectivity index (χ4n) is 2.39. The van der Waals surface area contributed by atoms with Gasteiger partial charge < -0.3 is 10.1 Å². The summed E-state index contributed by atoms with van der Waals surface area (Å²) in [7, 11) is 1.75. The van der Waals surface area contributed by atoms with Crippen LogP contribution in [-0.4, -0.2) is 13.3 Å². The number of hydrogen-bond acceptors (Lipinski definition) is 2. The van der Waals surface area contributed by atoms with E-state index < -0.39 is 11.6 Å². The first-order chi connectivity index (χ1) is 9.58. The maximum Gasteiger partial charge on any atom is 0.133 e. The Morgan fingerprint density at radius 2 is 1.85 bits per heavy atom. The lowest BCUT2D eigenvalue weighted by atomic mass is 9.96. The summed E-state index contributed by atoms with van der Waals surface area (Å²) in [4.78, 5) is 10.8. The summed E-state index contributed by atoms with van der Waals surface area (Å²) in [6.45, 7) is 1.84. The Morgan fingerprint density at radius 3 is 2.40 bits per heavy atom. The molecule has 0 amide bonds. The van der Waals surface area contributed by atoms with E-state index in [0.717, 1.165) is 23.1 Å². The van der Waals surface area contributed by atoms with Crippen molar-refractivity contribution in [3.63, 3.8) is 0 Å². The quantitative estimate of drug-likeness (QED) is 0.862. The topological polar surface area (TPSA) is 29.1 Å². The largest absolute Gasteiger partial charge is 0.388 e. The fourth-order valence-corrected chi connectivity index (χ4v) is 2.39. The average Bonchev–Trinajstić information content (AvgIpc) is 2.38. The molecule has 0 aliphatic heterocycles. The second kappa shape index (κ2) is 5.82. The molecule has 0 aromatic heterocycles. The lowest BCUT2D eigenvalue weighted by Gasteiger charge is -2.14. The van der Waals surface area contributed by atoms with Crippen LogP contribution < -0.4 is 5.32 Å². The second-order valence-corrected chi connectivity index (χ2v) is 4.54. The maximum atomic E-state index is 13.8. The first-order valence-corrected chi connectivity index (χ1v) is 6.27. The highest BCUT2D eigenvalue weighted by atomic mass is 19.1. The molecule has 0 fully saturated rings. The molecule has 0 unspecified atom stereocenters. The van der Waals surface area contributed by atoms with E-state index in [2.05, 4.69) is 5.32 Å². The summed E-state index contributed by atoms with van der Waals surface area (Å²) in [5.41, 5.74) is 2.75. The minimum atomic E-state index is -0.612. The van der Waals surface area contributed by atoms with Crippen molar-refractivity contribution in [2.45, 2.75) is 13.3 Å². The first-order valence-electron chi connectivity index (χ1n) is 6.27. The van der Waals surface area contributed by atoms with Crippen molar-refractivity contribution >= 4 is 12.0 Å². The Hall–Kier alpha value is -2.23. The van der Waals surface area contributed by atoms with Gasteiger partial charge >= 0.3 is 0 Å². The van der Waals surface area contributed by atoms with Gasteiger partial charge in [-0.1, -0.05) is 6.07 Å². The van der Waals surface area contributed by atoms with Crippen LogP contribution in [0.25, 0.3) is 11.1 Å². The normalized spacial score (nSPS) is 10.4. The zero-order valence-corrected chi connectivity index (χ0v) is 11.3. The number of carbonyl (C=O) groups is 1. The molecule has 104 valence electrons. The molecule has 2 rings (SSSR count). The molecule has 0 saturated heterocycles. The van der Waals surface area contributed by atoms with Crippen molar-refractivity contribution in [2.24, 2.45) is 0 Å². The number of aryl methyl sites for hydroxylation is 1. The van der Waals surface area contributed by atoms with Gasteiger partial charge in [-0.3, -0.25) is 0 Å². The van der Waals surface area contributed by atoms with Gasteiger partial charge in [0, 0.05) is 19.2 Å². The highest BCUT2D eigenvalue weighted by Gasteiger charge is 2.14. The molecule has 1 N–H and O–H groups in total. The number of hydrogen-bond donors (Lipinski definition) is 1. The molecule has 0 spiro atoms. The first kappa shape index (κ1) is 14.2. The van der Waals surface area contributed by atoms with E-state index in [1.54, 1.807) is 19.2 Å². The zero-order valence-electron chi connectivity index (χ0n) is 11.3. The number of halogens is 2. The third-order valence-corrected chi connectivity index (χ3v) is 3.22. The zero-order chi connectivity index (χ0) is 14.7. The Morgan fingerprint density at radius 1 is 1.20 bits per heavy atom. The summed E-state index contributed by atoms with van der Waals surface area (Å²) >= 11 is 0. The molecule has 20 heavy (non-hydrogen) atoms. The molecule has 4 heteroatoms. The van der Waals surface area contributed by atoms with Crippen LogP contribution in [0.5, 0.6) is 0 Å². The van der Waals surface area contributed by atoms with E-state index >= 15 is 0 Å². The third-order valence-electron chi connectivity index (χ3n) is 3.22. The molecule has 0 aliphatic rings. The molecule has 2 nitrogen and oxygen atoms in total. The molecule has 2 aromatic carbocycles. The van der Waals surface area contributed by atoms with Gasteiger partial charge in [0.25, 0.3) is 0 Å². The van der Waals surface area contributed by atoms with Crippen LogP contribution in [0.1, 0.15) is 11.1 Å². The lowest BCUT2D eigenvalue weighted by Crippen LogP contribution is -2.01. The van der Waals surface area contributed by atoms with Crippen LogP contribution in [0.3, 0.4) is 0 Å². The molecule has 0 heterocycles. The standard InChI is InChI=1S/C16H15F2NO/c1-10-8-12(9-11(6-7-20)16(10)19-2)15-13(17)4-3-5-14(15)18/h3-5,7-9,19H,6H2,1-2H3. The Kier molecular flexibility index (Phi) is 4.13.